The Morgan fingerprint density at radius 3 is 2.40 bits per heavy atom. The van der Waals surface area contributed by atoms with Gasteiger partial charge in [-0.15, -0.1) is 0 Å². The summed E-state index contributed by atoms with van der Waals surface area (Å²) in [6, 6.07) is 11.0. The zero-order valence-corrected chi connectivity index (χ0v) is 13.3. The molecule has 2 heterocycles. The number of aromatic nitrogens is 3. The van der Waals surface area contributed by atoms with Gasteiger partial charge in [0, 0.05) is 30.7 Å². The van der Waals surface area contributed by atoms with E-state index in [4.69, 9.17) is 0 Å². The van der Waals surface area contributed by atoms with Crippen LogP contribution in [0.2, 0.25) is 0 Å². The number of alkyl halides is 3. The summed E-state index contributed by atoms with van der Waals surface area (Å²) in [7, 11) is 0. The summed E-state index contributed by atoms with van der Waals surface area (Å²) in [5.41, 5.74) is 2.13. The van der Waals surface area contributed by atoms with Crippen LogP contribution in [0.15, 0.2) is 67.3 Å². The molecule has 0 aliphatic heterocycles. The van der Waals surface area contributed by atoms with Crippen LogP contribution in [-0.2, 0) is 13.0 Å². The largest absolute Gasteiger partial charge is 0.404 e. The summed E-state index contributed by atoms with van der Waals surface area (Å²) in [6.07, 6.45) is 1.80. The van der Waals surface area contributed by atoms with Crippen LogP contribution in [0.3, 0.4) is 0 Å². The van der Waals surface area contributed by atoms with Gasteiger partial charge in [-0.1, -0.05) is 18.2 Å². The monoisotopic (exact) mass is 346 g/mol. The van der Waals surface area contributed by atoms with E-state index in [0.29, 0.717) is 11.1 Å². The summed E-state index contributed by atoms with van der Waals surface area (Å²) in [5.74, 6) is 0. The predicted octanol–water partition coefficient (Wildman–Crippen LogP) is 3.53. The third-order valence-electron chi connectivity index (χ3n) is 3.79. The van der Waals surface area contributed by atoms with Gasteiger partial charge in [0.05, 0.1) is 11.9 Å². The topological polar surface area (TPSA) is 42.7 Å². The van der Waals surface area contributed by atoms with Gasteiger partial charge in [0.15, 0.2) is 0 Å². The normalized spacial score (nSPS) is 12.9. The summed E-state index contributed by atoms with van der Waals surface area (Å²) >= 11 is 0. The maximum absolute atomic E-state index is 13.3. The molecular formula is C18H17F3N4. The molecule has 3 rings (SSSR count). The van der Waals surface area contributed by atoms with Crippen molar-refractivity contribution in [3.05, 3.63) is 78.4 Å². The summed E-state index contributed by atoms with van der Waals surface area (Å²) in [4.78, 5) is 3.83. The first-order chi connectivity index (χ1) is 12.0. The van der Waals surface area contributed by atoms with Crippen LogP contribution in [0.25, 0.3) is 5.69 Å². The molecule has 0 aliphatic rings. The molecule has 0 radical (unpaired) electrons. The Morgan fingerprint density at radius 1 is 1.00 bits per heavy atom. The third kappa shape index (κ3) is 4.67. The molecule has 0 saturated heterocycles. The highest BCUT2D eigenvalue weighted by atomic mass is 19.4. The minimum atomic E-state index is -4.33. The number of para-hydroxylation sites is 1. The minimum Gasteiger partial charge on any atom is -0.302 e. The first-order valence-electron chi connectivity index (χ1n) is 7.80. The van der Waals surface area contributed by atoms with Gasteiger partial charge in [-0.2, -0.15) is 18.3 Å². The van der Waals surface area contributed by atoms with Crippen molar-refractivity contribution in [1.82, 2.24) is 20.1 Å². The van der Waals surface area contributed by atoms with E-state index in [1.54, 1.807) is 29.2 Å². The van der Waals surface area contributed by atoms with Crippen molar-refractivity contribution in [2.75, 3.05) is 0 Å². The van der Waals surface area contributed by atoms with Gasteiger partial charge in [-0.3, -0.25) is 4.98 Å². The van der Waals surface area contributed by atoms with E-state index in [1.165, 1.54) is 12.4 Å². The van der Waals surface area contributed by atoms with Crippen molar-refractivity contribution in [2.24, 2.45) is 0 Å². The number of pyridine rings is 1. The smallest absolute Gasteiger partial charge is 0.302 e. The Labute approximate surface area is 143 Å². The van der Waals surface area contributed by atoms with Gasteiger partial charge in [0.1, 0.15) is 6.04 Å². The number of hydrogen-bond donors (Lipinski definition) is 1. The average molecular weight is 346 g/mol. The molecule has 0 bridgehead atoms. The average Bonchev–Trinajstić information content (AvgIpc) is 3.08. The molecule has 0 amide bonds. The van der Waals surface area contributed by atoms with E-state index in [0.717, 1.165) is 5.69 Å². The second kappa shape index (κ2) is 7.48. The standard InChI is InChI=1S/C18H17F3N4/c19-18(20,21)17(10-14-6-8-22-9-7-14)23-11-15-12-24-25(13-15)16-4-2-1-3-5-16/h1-9,12-13,17,23H,10-11H2/t17-/m0/s1. The number of rotatable bonds is 6. The zero-order valence-electron chi connectivity index (χ0n) is 13.3. The minimum absolute atomic E-state index is 0.0854. The van der Waals surface area contributed by atoms with Crippen LogP contribution >= 0.6 is 0 Å². The van der Waals surface area contributed by atoms with Gasteiger partial charge < -0.3 is 5.32 Å². The van der Waals surface area contributed by atoms with E-state index in [-0.39, 0.29) is 13.0 Å². The van der Waals surface area contributed by atoms with Crippen molar-refractivity contribution in [3.8, 4) is 5.69 Å². The number of benzene rings is 1. The fourth-order valence-corrected chi connectivity index (χ4v) is 2.47. The van der Waals surface area contributed by atoms with Gasteiger partial charge in [0.25, 0.3) is 0 Å². The molecule has 1 aromatic carbocycles. The number of hydrogen-bond acceptors (Lipinski definition) is 3. The van der Waals surface area contributed by atoms with Gasteiger partial charge in [0.2, 0.25) is 0 Å². The van der Waals surface area contributed by atoms with E-state index in [2.05, 4.69) is 15.4 Å². The second-order valence-electron chi connectivity index (χ2n) is 5.66. The number of nitrogens with zero attached hydrogens (tertiary/aromatic N) is 3. The quantitative estimate of drug-likeness (QED) is 0.742. The zero-order chi connectivity index (χ0) is 17.7. The lowest BCUT2D eigenvalue weighted by molar-refractivity contribution is -0.155. The van der Waals surface area contributed by atoms with Crippen molar-refractivity contribution < 1.29 is 13.2 Å². The molecule has 130 valence electrons. The molecule has 2 aromatic heterocycles. The Hall–Kier alpha value is -2.67. The van der Waals surface area contributed by atoms with E-state index >= 15 is 0 Å². The number of nitrogens with one attached hydrogen (secondary N) is 1. The molecular weight excluding hydrogens is 329 g/mol. The summed E-state index contributed by atoms with van der Waals surface area (Å²) in [6.45, 7) is 0.0854. The number of halogens is 3. The van der Waals surface area contributed by atoms with Crippen LogP contribution in [0.1, 0.15) is 11.1 Å². The van der Waals surface area contributed by atoms with Crippen LogP contribution in [0, 0.1) is 0 Å². The second-order valence-corrected chi connectivity index (χ2v) is 5.66. The molecule has 0 fully saturated rings. The van der Waals surface area contributed by atoms with Gasteiger partial charge in [-0.05, 0) is 36.2 Å². The third-order valence-corrected chi connectivity index (χ3v) is 3.79. The molecule has 25 heavy (non-hydrogen) atoms. The Kier molecular flexibility index (Phi) is 5.14. The molecule has 7 heteroatoms. The Morgan fingerprint density at radius 2 is 1.72 bits per heavy atom. The van der Waals surface area contributed by atoms with Crippen molar-refractivity contribution >= 4 is 0 Å². The Balaban J connectivity index is 1.66. The SMILES string of the molecule is FC(F)(F)[C@H](Cc1ccncc1)NCc1cnn(-c2ccccc2)c1. The molecule has 0 spiro atoms. The van der Waals surface area contributed by atoms with Gasteiger partial charge >= 0.3 is 6.18 Å². The van der Waals surface area contributed by atoms with E-state index in [1.807, 2.05) is 30.3 Å². The van der Waals surface area contributed by atoms with Crippen molar-refractivity contribution in [3.63, 3.8) is 0 Å². The lowest BCUT2D eigenvalue weighted by Gasteiger charge is -2.21. The summed E-state index contributed by atoms with van der Waals surface area (Å²) < 4.78 is 41.5. The first-order valence-corrected chi connectivity index (χ1v) is 7.80. The van der Waals surface area contributed by atoms with Crippen LogP contribution in [0.5, 0.6) is 0 Å². The molecule has 1 N–H and O–H groups in total. The fourth-order valence-electron chi connectivity index (χ4n) is 2.47. The van der Waals surface area contributed by atoms with E-state index < -0.39 is 12.2 Å². The van der Waals surface area contributed by atoms with Crippen molar-refractivity contribution in [2.45, 2.75) is 25.2 Å². The van der Waals surface area contributed by atoms with Gasteiger partial charge in [-0.25, -0.2) is 4.68 Å². The highest BCUT2D eigenvalue weighted by Crippen LogP contribution is 2.23. The maximum atomic E-state index is 13.3. The Bertz CT molecular complexity index is 785. The molecule has 0 saturated carbocycles. The predicted molar refractivity (Wildman–Crippen MR) is 88.2 cm³/mol. The first kappa shape index (κ1) is 17.2. The van der Waals surface area contributed by atoms with Crippen molar-refractivity contribution in [1.29, 1.82) is 0 Å². The highest BCUT2D eigenvalue weighted by Gasteiger charge is 2.39. The van der Waals surface area contributed by atoms with Crippen LogP contribution < -0.4 is 5.32 Å². The summed E-state index contributed by atoms with van der Waals surface area (Å²) in [5, 5.41) is 6.79. The fraction of sp³-hybridized carbons (Fsp3) is 0.222. The molecule has 1 atom stereocenters. The maximum Gasteiger partial charge on any atom is 0.404 e. The lowest BCUT2D eigenvalue weighted by atomic mass is 10.1. The van der Waals surface area contributed by atoms with Crippen LogP contribution in [-0.4, -0.2) is 27.0 Å². The molecule has 3 aromatic rings. The lowest BCUT2D eigenvalue weighted by Crippen LogP contribution is -2.43. The van der Waals surface area contributed by atoms with Crippen LogP contribution in [0.4, 0.5) is 13.2 Å². The van der Waals surface area contributed by atoms with E-state index in [9.17, 15) is 13.2 Å². The molecule has 0 unspecified atom stereocenters. The highest BCUT2D eigenvalue weighted by molar-refractivity contribution is 5.30. The molecule has 0 aliphatic carbocycles. The molecule has 4 nitrogen and oxygen atoms in total.